The summed E-state index contributed by atoms with van der Waals surface area (Å²) in [5.74, 6) is 1.39. The minimum Gasteiger partial charge on any atom is -0.492 e. The van der Waals surface area contributed by atoms with Crippen LogP contribution in [-0.2, 0) is 16.8 Å². The van der Waals surface area contributed by atoms with Crippen LogP contribution in [-0.4, -0.2) is 56.0 Å². The van der Waals surface area contributed by atoms with Gasteiger partial charge in [-0.25, -0.2) is 23.8 Å². The topological polar surface area (TPSA) is 82.4 Å². The summed E-state index contributed by atoms with van der Waals surface area (Å²) in [4.78, 5) is 24.5. The summed E-state index contributed by atoms with van der Waals surface area (Å²) in [6.07, 6.45) is 2.30. The maximum Gasteiger partial charge on any atom is 0.410 e. The fourth-order valence-corrected chi connectivity index (χ4v) is 5.68. The zero-order chi connectivity index (χ0) is 25.7. The van der Waals surface area contributed by atoms with E-state index in [0.717, 1.165) is 33.4 Å². The molecule has 8 nitrogen and oxygen atoms in total. The van der Waals surface area contributed by atoms with Crippen molar-refractivity contribution in [3.05, 3.63) is 35.0 Å². The summed E-state index contributed by atoms with van der Waals surface area (Å²) in [5, 5.41) is 5.16. The van der Waals surface area contributed by atoms with Gasteiger partial charge in [-0.3, -0.25) is 0 Å². The molecule has 1 saturated heterocycles. The van der Waals surface area contributed by atoms with Crippen molar-refractivity contribution in [3.63, 3.8) is 0 Å². The van der Waals surface area contributed by atoms with Crippen molar-refractivity contribution in [1.29, 1.82) is 0 Å². The van der Waals surface area contributed by atoms with E-state index in [0.29, 0.717) is 31.0 Å². The van der Waals surface area contributed by atoms with Crippen LogP contribution in [0.15, 0.2) is 24.5 Å². The predicted molar refractivity (Wildman–Crippen MR) is 136 cm³/mol. The van der Waals surface area contributed by atoms with Gasteiger partial charge in [0, 0.05) is 48.8 Å². The molecule has 1 aromatic carbocycles. The number of likely N-dealkylation sites (tertiary alicyclic amines) is 1. The molecule has 10 heteroatoms. The number of nitrogens with zero attached hydrogens (tertiary/aromatic N) is 5. The Morgan fingerprint density at radius 3 is 2.69 bits per heavy atom. The fourth-order valence-electron chi connectivity index (χ4n) is 4.64. The van der Waals surface area contributed by atoms with Crippen molar-refractivity contribution in [3.8, 4) is 27.8 Å². The molecule has 3 aromatic rings. The molecular weight excluding hydrogens is 481 g/mol. The molecule has 0 N–H and O–H groups in total. The summed E-state index contributed by atoms with van der Waals surface area (Å²) >= 11 is 1.60. The van der Waals surface area contributed by atoms with Gasteiger partial charge < -0.3 is 14.4 Å². The van der Waals surface area contributed by atoms with Crippen LogP contribution in [0.3, 0.4) is 0 Å². The monoisotopic (exact) mass is 513 g/mol. The van der Waals surface area contributed by atoms with Crippen LogP contribution in [0.25, 0.3) is 22.1 Å². The summed E-state index contributed by atoms with van der Waals surface area (Å²) in [7, 11) is 0. The minimum absolute atomic E-state index is 0.173. The van der Waals surface area contributed by atoms with Crippen LogP contribution in [0.1, 0.15) is 63.9 Å². The van der Waals surface area contributed by atoms with E-state index in [9.17, 15) is 4.79 Å². The Labute approximate surface area is 214 Å². The van der Waals surface area contributed by atoms with Crippen molar-refractivity contribution in [1.82, 2.24) is 24.6 Å². The van der Waals surface area contributed by atoms with E-state index >= 15 is 4.39 Å². The van der Waals surface area contributed by atoms with Crippen molar-refractivity contribution in [2.45, 2.75) is 71.2 Å². The minimum atomic E-state index is -1.53. The molecule has 192 valence electrons. The Kier molecular flexibility index (Phi) is 6.26. The van der Waals surface area contributed by atoms with Gasteiger partial charge in [0.15, 0.2) is 10.8 Å². The highest BCUT2D eigenvalue weighted by Crippen LogP contribution is 2.44. The summed E-state index contributed by atoms with van der Waals surface area (Å²) in [5.41, 5.74) is 0.185. The number of piperidine rings is 1. The lowest BCUT2D eigenvalue weighted by Crippen LogP contribution is -2.45. The van der Waals surface area contributed by atoms with E-state index in [-0.39, 0.29) is 18.9 Å². The van der Waals surface area contributed by atoms with Gasteiger partial charge in [-0.2, -0.15) is 5.10 Å². The van der Waals surface area contributed by atoms with E-state index in [2.05, 4.69) is 23.9 Å². The van der Waals surface area contributed by atoms with Crippen LogP contribution in [0.2, 0.25) is 0 Å². The lowest BCUT2D eigenvalue weighted by atomic mass is 9.85. The van der Waals surface area contributed by atoms with Gasteiger partial charge in [-0.15, -0.1) is 11.3 Å². The van der Waals surface area contributed by atoms with E-state index in [1.54, 1.807) is 22.6 Å². The predicted octanol–water partition coefficient (Wildman–Crippen LogP) is 5.78. The smallest absolute Gasteiger partial charge is 0.410 e. The Bertz CT molecular complexity index is 1270. The van der Waals surface area contributed by atoms with Gasteiger partial charge in [0.1, 0.15) is 23.3 Å². The summed E-state index contributed by atoms with van der Waals surface area (Å²) < 4.78 is 29.5. The molecule has 0 spiro atoms. The first kappa shape index (κ1) is 24.7. The molecule has 1 amide bonds. The standard InChI is InChI=1S/C26H32FN5O3S/c1-16(2)32-22(28-15-29-32)23-30-21-18-7-6-17(14-19(18)34-13-8-20(21)36-23)26(27)9-11-31(12-10-26)24(33)35-25(3,4)5/h6-7,14-16H,8-13H2,1-5H3. The van der Waals surface area contributed by atoms with E-state index in [1.807, 2.05) is 43.7 Å². The Morgan fingerprint density at radius 2 is 2.00 bits per heavy atom. The first-order valence-electron chi connectivity index (χ1n) is 12.4. The normalized spacial score (nSPS) is 17.2. The number of fused-ring (bicyclic) bond motifs is 3. The quantitative estimate of drug-likeness (QED) is 0.442. The molecule has 0 saturated carbocycles. The first-order chi connectivity index (χ1) is 17.0. The maximum atomic E-state index is 16.1. The Balaban J connectivity index is 1.39. The molecule has 2 aromatic heterocycles. The lowest BCUT2D eigenvalue weighted by Gasteiger charge is -2.37. The lowest BCUT2D eigenvalue weighted by molar-refractivity contribution is 0.00215. The largest absolute Gasteiger partial charge is 0.492 e. The molecular formula is C26H32FN5O3S. The van der Waals surface area contributed by atoms with E-state index in [4.69, 9.17) is 14.5 Å². The third-order valence-corrected chi connectivity index (χ3v) is 7.61. The molecule has 5 rings (SSSR count). The molecule has 0 unspecified atom stereocenters. The van der Waals surface area contributed by atoms with Crippen LogP contribution >= 0.6 is 11.3 Å². The fraction of sp³-hybridized carbons (Fsp3) is 0.538. The van der Waals surface area contributed by atoms with Gasteiger partial charge in [-0.1, -0.05) is 6.07 Å². The maximum absolute atomic E-state index is 16.1. The second kappa shape index (κ2) is 9.14. The zero-order valence-electron chi connectivity index (χ0n) is 21.4. The number of amides is 1. The molecule has 1 fully saturated rings. The number of carbonyl (C=O) groups is 1. The van der Waals surface area contributed by atoms with Gasteiger partial charge in [0.25, 0.3) is 0 Å². The highest BCUT2D eigenvalue weighted by molar-refractivity contribution is 7.15. The number of halogens is 1. The number of benzene rings is 1. The average Bonchev–Trinajstić information content (AvgIpc) is 3.42. The second-order valence-corrected chi connectivity index (χ2v) is 11.7. The first-order valence-corrected chi connectivity index (χ1v) is 13.2. The number of alkyl halides is 1. The van der Waals surface area contributed by atoms with Crippen molar-refractivity contribution in [2.24, 2.45) is 0 Å². The number of thiazole rings is 1. The third kappa shape index (κ3) is 4.70. The summed E-state index contributed by atoms with van der Waals surface area (Å²) in [6.45, 7) is 10.7. The summed E-state index contributed by atoms with van der Waals surface area (Å²) in [6, 6.07) is 5.72. The van der Waals surface area contributed by atoms with Crippen LogP contribution < -0.4 is 4.74 Å². The van der Waals surface area contributed by atoms with Crippen molar-refractivity contribution >= 4 is 17.4 Å². The average molecular weight is 514 g/mol. The SMILES string of the molecule is CC(C)n1ncnc1-c1nc2c(s1)CCOc1cc(C3(F)CCN(C(=O)OC(C)(C)C)CC3)ccc1-2. The van der Waals surface area contributed by atoms with Gasteiger partial charge in [0.05, 0.1) is 12.3 Å². The van der Waals surface area contributed by atoms with Crippen LogP contribution in [0.4, 0.5) is 9.18 Å². The molecule has 2 aliphatic heterocycles. The van der Waals surface area contributed by atoms with E-state index < -0.39 is 17.4 Å². The van der Waals surface area contributed by atoms with Crippen molar-refractivity contribution < 1.29 is 18.7 Å². The number of aromatic nitrogens is 4. The number of carbonyl (C=O) groups excluding carboxylic acids is 1. The Hall–Kier alpha value is -3.01. The van der Waals surface area contributed by atoms with Crippen molar-refractivity contribution in [2.75, 3.05) is 19.7 Å². The van der Waals surface area contributed by atoms with Crippen LogP contribution in [0, 0.1) is 0 Å². The molecule has 0 atom stereocenters. The van der Waals surface area contributed by atoms with Gasteiger partial charge >= 0.3 is 6.09 Å². The molecule has 2 aliphatic rings. The van der Waals surface area contributed by atoms with Gasteiger partial charge in [-0.05, 0) is 52.3 Å². The second-order valence-electron chi connectivity index (χ2n) is 10.7. The highest BCUT2D eigenvalue weighted by Gasteiger charge is 2.39. The molecule has 36 heavy (non-hydrogen) atoms. The number of hydrogen-bond donors (Lipinski definition) is 0. The van der Waals surface area contributed by atoms with Gasteiger partial charge in [0.2, 0.25) is 0 Å². The third-order valence-electron chi connectivity index (χ3n) is 6.50. The number of hydrogen-bond acceptors (Lipinski definition) is 7. The molecule has 0 radical (unpaired) electrons. The molecule has 0 bridgehead atoms. The Morgan fingerprint density at radius 1 is 1.25 bits per heavy atom. The zero-order valence-corrected chi connectivity index (χ0v) is 22.2. The molecule has 0 aliphatic carbocycles. The molecule has 4 heterocycles. The highest BCUT2D eigenvalue weighted by atomic mass is 32.1. The van der Waals surface area contributed by atoms with Crippen LogP contribution in [0.5, 0.6) is 5.75 Å². The number of ether oxygens (including phenoxy) is 2. The van der Waals surface area contributed by atoms with E-state index in [1.165, 1.54) is 0 Å². The number of rotatable bonds is 3.